The maximum absolute atomic E-state index is 11.7. The molecule has 102 valence electrons. The smallest absolute Gasteiger partial charge is 0.338 e. The van der Waals surface area contributed by atoms with Crippen LogP contribution >= 0.6 is 12.2 Å². The maximum Gasteiger partial charge on any atom is 0.338 e. The van der Waals surface area contributed by atoms with Gasteiger partial charge >= 0.3 is 5.97 Å². The Hall–Kier alpha value is -1.88. The average Bonchev–Trinajstić information content (AvgIpc) is 2.39. The van der Waals surface area contributed by atoms with E-state index in [4.69, 9.17) is 17.0 Å². The van der Waals surface area contributed by atoms with Crippen molar-refractivity contribution in [3.05, 3.63) is 42.0 Å². The second kappa shape index (κ2) is 7.53. The Morgan fingerprint density at radius 1 is 1.53 bits per heavy atom. The van der Waals surface area contributed by atoms with Gasteiger partial charge in [0, 0.05) is 12.2 Å². The van der Waals surface area contributed by atoms with Crippen LogP contribution in [0.3, 0.4) is 0 Å². The minimum atomic E-state index is -0.337. The molecule has 0 aliphatic heterocycles. The van der Waals surface area contributed by atoms with Crippen LogP contribution in [0.2, 0.25) is 0 Å². The maximum atomic E-state index is 11.7. The first-order valence-corrected chi connectivity index (χ1v) is 6.42. The van der Waals surface area contributed by atoms with Gasteiger partial charge in [0.1, 0.15) is 0 Å². The third-order valence-electron chi connectivity index (χ3n) is 2.40. The molecule has 0 aromatic heterocycles. The third kappa shape index (κ3) is 4.71. The largest absolute Gasteiger partial charge is 0.462 e. The molecule has 0 spiro atoms. The zero-order valence-corrected chi connectivity index (χ0v) is 12.0. The van der Waals surface area contributed by atoms with Crippen molar-refractivity contribution in [1.82, 2.24) is 5.32 Å². The average molecular weight is 278 g/mol. The molecule has 0 aliphatic rings. The zero-order valence-electron chi connectivity index (χ0n) is 11.2. The van der Waals surface area contributed by atoms with E-state index in [1.54, 1.807) is 25.1 Å². The van der Waals surface area contributed by atoms with Crippen LogP contribution in [0.4, 0.5) is 5.69 Å². The summed E-state index contributed by atoms with van der Waals surface area (Å²) in [6, 6.07) is 5.32. The van der Waals surface area contributed by atoms with Crippen molar-refractivity contribution < 1.29 is 9.53 Å². The molecule has 0 aliphatic carbocycles. The van der Waals surface area contributed by atoms with E-state index in [1.165, 1.54) is 0 Å². The van der Waals surface area contributed by atoms with Crippen LogP contribution in [-0.4, -0.2) is 24.2 Å². The standard InChI is InChI=1S/C14H18N2O2S/c1-4-8-15-14(19)16-12-9-11(7-6-10(12)3)13(17)18-5-2/h4,6-7,9H,1,5,8H2,2-3H3,(H2,15,16,19). The van der Waals surface area contributed by atoms with Crippen LogP contribution in [0, 0.1) is 6.92 Å². The third-order valence-corrected chi connectivity index (χ3v) is 2.65. The van der Waals surface area contributed by atoms with E-state index in [-0.39, 0.29) is 5.97 Å². The Kier molecular flexibility index (Phi) is 6.02. The molecule has 1 aromatic rings. The minimum absolute atomic E-state index is 0.337. The molecule has 2 N–H and O–H groups in total. The highest BCUT2D eigenvalue weighted by Gasteiger charge is 2.09. The van der Waals surface area contributed by atoms with Crippen LogP contribution < -0.4 is 10.6 Å². The number of ether oxygens (including phenoxy) is 1. The summed E-state index contributed by atoms with van der Waals surface area (Å²) < 4.78 is 4.96. The van der Waals surface area contributed by atoms with Crippen LogP contribution in [0.1, 0.15) is 22.8 Å². The van der Waals surface area contributed by atoms with Crippen molar-refractivity contribution in [2.45, 2.75) is 13.8 Å². The molecule has 0 saturated heterocycles. The molecule has 19 heavy (non-hydrogen) atoms. The predicted molar refractivity (Wildman–Crippen MR) is 81.6 cm³/mol. The molecule has 0 fully saturated rings. The fraction of sp³-hybridized carbons (Fsp3) is 0.286. The van der Waals surface area contributed by atoms with Crippen LogP contribution in [0.15, 0.2) is 30.9 Å². The Balaban J connectivity index is 2.82. The van der Waals surface area contributed by atoms with Crippen molar-refractivity contribution in [2.24, 2.45) is 0 Å². The number of benzene rings is 1. The number of nitrogens with one attached hydrogen (secondary N) is 2. The number of esters is 1. The summed E-state index contributed by atoms with van der Waals surface area (Å²) in [5.74, 6) is -0.337. The van der Waals surface area contributed by atoms with E-state index < -0.39 is 0 Å². The molecule has 1 rings (SSSR count). The minimum Gasteiger partial charge on any atom is -0.462 e. The van der Waals surface area contributed by atoms with Gasteiger partial charge in [0.15, 0.2) is 5.11 Å². The summed E-state index contributed by atoms with van der Waals surface area (Å²) >= 11 is 5.14. The summed E-state index contributed by atoms with van der Waals surface area (Å²) in [4.78, 5) is 11.7. The highest BCUT2D eigenvalue weighted by Crippen LogP contribution is 2.17. The van der Waals surface area contributed by atoms with Gasteiger partial charge in [-0.1, -0.05) is 12.1 Å². The van der Waals surface area contributed by atoms with Gasteiger partial charge < -0.3 is 15.4 Å². The van der Waals surface area contributed by atoms with E-state index >= 15 is 0 Å². The van der Waals surface area contributed by atoms with Gasteiger partial charge in [-0.2, -0.15) is 0 Å². The molecule has 0 saturated carbocycles. The Labute approximate surface area is 118 Å². The van der Waals surface area contributed by atoms with Gasteiger partial charge in [-0.15, -0.1) is 6.58 Å². The van der Waals surface area contributed by atoms with Crippen LogP contribution in [0.25, 0.3) is 0 Å². The van der Waals surface area contributed by atoms with Gasteiger partial charge in [0.05, 0.1) is 12.2 Å². The molecule has 0 bridgehead atoms. The summed E-state index contributed by atoms with van der Waals surface area (Å²) in [5.41, 5.74) is 2.28. The topological polar surface area (TPSA) is 50.4 Å². The predicted octanol–water partition coefficient (Wildman–Crippen LogP) is 2.64. The highest BCUT2D eigenvalue weighted by atomic mass is 32.1. The molecule has 0 atom stereocenters. The number of rotatable bonds is 5. The first-order chi connectivity index (χ1) is 9.08. The normalized spacial score (nSPS) is 9.58. The first-order valence-electron chi connectivity index (χ1n) is 6.02. The monoisotopic (exact) mass is 278 g/mol. The molecular formula is C14H18N2O2S. The Bertz CT molecular complexity index is 486. The Morgan fingerprint density at radius 2 is 2.26 bits per heavy atom. The first kappa shape index (κ1) is 15.2. The summed E-state index contributed by atoms with van der Waals surface area (Å²) in [5, 5.41) is 6.50. The number of hydrogen-bond acceptors (Lipinski definition) is 3. The van der Waals surface area contributed by atoms with E-state index in [2.05, 4.69) is 17.2 Å². The van der Waals surface area contributed by atoms with Crippen LogP contribution in [0.5, 0.6) is 0 Å². The fourth-order valence-corrected chi connectivity index (χ4v) is 1.62. The van der Waals surface area contributed by atoms with E-state index in [0.29, 0.717) is 23.8 Å². The highest BCUT2D eigenvalue weighted by molar-refractivity contribution is 7.80. The number of carbonyl (C=O) groups excluding carboxylic acids is 1. The summed E-state index contributed by atoms with van der Waals surface area (Å²) in [6.07, 6.45) is 1.72. The number of carbonyl (C=O) groups is 1. The molecule has 0 amide bonds. The van der Waals surface area contributed by atoms with Gasteiger partial charge in [-0.3, -0.25) is 0 Å². The molecule has 0 radical (unpaired) electrons. The second-order valence-corrected chi connectivity index (χ2v) is 4.28. The van der Waals surface area contributed by atoms with Crippen LogP contribution in [-0.2, 0) is 4.74 Å². The van der Waals surface area contributed by atoms with Crippen molar-refractivity contribution in [1.29, 1.82) is 0 Å². The summed E-state index contributed by atoms with van der Waals surface area (Å²) in [7, 11) is 0. The summed E-state index contributed by atoms with van der Waals surface area (Å²) in [6.45, 7) is 8.26. The zero-order chi connectivity index (χ0) is 14.3. The number of thiocarbonyl (C=S) groups is 1. The van der Waals surface area contributed by atoms with Gasteiger partial charge in [0.2, 0.25) is 0 Å². The lowest BCUT2D eigenvalue weighted by Gasteiger charge is -2.12. The molecule has 5 heteroatoms. The lowest BCUT2D eigenvalue weighted by Crippen LogP contribution is -2.28. The lowest BCUT2D eigenvalue weighted by molar-refractivity contribution is 0.0526. The lowest BCUT2D eigenvalue weighted by atomic mass is 10.1. The fourth-order valence-electron chi connectivity index (χ4n) is 1.43. The van der Waals surface area contributed by atoms with E-state index in [1.807, 2.05) is 13.0 Å². The number of hydrogen-bond donors (Lipinski definition) is 2. The molecule has 4 nitrogen and oxygen atoms in total. The molecule has 1 aromatic carbocycles. The van der Waals surface area contributed by atoms with Gasteiger partial charge in [-0.05, 0) is 43.8 Å². The van der Waals surface area contributed by atoms with Gasteiger partial charge in [0.25, 0.3) is 0 Å². The molecule has 0 heterocycles. The molecule has 0 unspecified atom stereocenters. The van der Waals surface area contributed by atoms with Gasteiger partial charge in [-0.25, -0.2) is 4.79 Å². The van der Waals surface area contributed by atoms with E-state index in [9.17, 15) is 4.79 Å². The molecular weight excluding hydrogens is 260 g/mol. The second-order valence-electron chi connectivity index (χ2n) is 3.87. The number of aryl methyl sites for hydroxylation is 1. The number of anilines is 1. The van der Waals surface area contributed by atoms with Crippen molar-refractivity contribution in [3.8, 4) is 0 Å². The SMILES string of the molecule is C=CCNC(=S)Nc1cc(C(=O)OCC)ccc1C. The quantitative estimate of drug-likeness (QED) is 0.492. The van der Waals surface area contributed by atoms with Crippen molar-refractivity contribution in [2.75, 3.05) is 18.5 Å². The van der Waals surface area contributed by atoms with Crippen molar-refractivity contribution in [3.63, 3.8) is 0 Å². The Morgan fingerprint density at radius 3 is 2.89 bits per heavy atom. The van der Waals surface area contributed by atoms with Crippen molar-refractivity contribution >= 4 is 29.0 Å². The van der Waals surface area contributed by atoms with E-state index in [0.717, 1.165) is 11.3 Å².